The van der Waals surface area contributed by atoms with Crippen LogP contribution in [0.3, 0.4) is 0 Å². The van der Waals surface area contributed by atoms with Gasteiger partial charge in [-0.25, -0.2) is 0 Å². The SMILES string of the molecule is IC[C@H]1C[C@@H]2c3ccccc3Sc3sccc3[C@H]2O1. The largest absolute Gasteiger partial charge is 0.369 e. The van der Waals surface area contributed by atoms with Gasteiger partial charge in [0.05, 0.1) is 16.4 Å². The summed E-state index contributed by atoms with van der Waals surface area (Å²) in [6.07, 6.45) is 1.82. The molecule has 1 aromatic carbocycles. The van der Waals surface area contributed by atoms with Gasteiger partial charge in [0, 0.05) is 20.8 Å². The van der Waals surface area contributed by atoms with Crippen molar-refractivity contribution >= 4 is 45.7 Å². The number of fused-ring (bicyclic) bond motifs is 5. The van der Waals surface area contributed by atoms with Crippen LogP contribution in [-0.2, 0) is 4.74 Å². The van der Waals surface area contributed by atoms with Gasteiger partial charge >= 0.3 is 0 Å². The Morgan fingerprint density at radius 3 is 3.00 bits per heavy atom. The van der Waals surface area contributed by atoms with Crippen molar-refractivity contribution in [2.45, 2.75) is 33.7 Å². The molecule has 2 aliphatic heterocycles. The van der Waals surface area contributed by atoms with Gasteiger partial charge in [0.25, 0.3) is 0 Å². The molecule has 1 saturated heterocycles. The highest BCUT2D eigenvalue weighted by molar-refractivity contribution is 14.1. The summed E-state index contributed by atoms with van der Waals surface area (Å²) in [4.78, 5) is 1.41. The topological polar surface area (TPSA) is 9.23 Å². The van der Waals surface area contributed by atoms with Crippen LogP contribution in [-0.4, -0.2) is 10.5 Å². The van der Waals surface area contributed by atoms with Crippen molar-refractivity contribution in [3.63, 3.8) is 0 Å². The van der Waals surface area contributed by atoms with E-state index in [0.717, 1.165) is 10.8 Å². The van der Waals surface area contributed by atoms with Crippen LogP contribution in [0.25, 0.3) is 0 Å². The van der Waals surface area contributed by atoms with Gasteiger partial charge in [0.15, 0.2) is 0 Å². The highest BCUT2D eigenvalue weighted by Crippen LogP contribution is 2.54. The molecule has 0 N–H and O–H groups in total. The van der Waals surface area contributed by atoms with Crippen LogP contribution in [0.1, 0.15) is 29.6 Å². The lowest BCUT2D eigenvalue weighted by Gasteiger charge is -2.17. The predicted octanol–water partition coefficient (Wildman–Crippen LogP) is 5.26. The molecule has 3 heterocycles. The Kier molecular flexibility index (Phi) is 3.38. The summed E-state index contributed by atoms with van der Waals surface area (Å²) in [5, 5.41) is 2.20. The van der Waals surface area contributed by atoms with E-state index in [4.69, 9.17) is 4.74 Å². The average molecular weight is 400 g/mol. The smallest absolute Gasteiger partial charge is 0.0918 e. The summed E-state index contributed by atoms with van der Waals surface area (Å²) in [7, 11) is 0. The van der Waals surface area contributed by atoms with Gasteiger partial charge in [-0.2, -0.15) is 0 Å². The molecule has 0 amide bonds. The van der Waals surface area contributed by atoms with E-state index in [1.165, 1.54) is 20.2 Å². The van der Waals surface area contributed by atoms with Crippen molar-refractivity contribution < 1.29 is 4.74 Å². The van der Waals surface area contributed by atoms with Crippen LogP contribution in [0.4, 0.5) is 0 Å². The third-order valence-corrected chi connectivity index (χ3v) is 7.14. The van der Waals surface area contributed by atoms with Gasteiger partial charge in [-0.3, -0.25) is 0 Å². The highest BCUT2D eigenvalue weighted by Gasteiger charge is 2.40. The molecule has 0 unspecified atom stereocenters. The van der Waals surface area contributed by atoms with Crippen molar-refractivity contribution in [3.8, 4) is 0 Å². The number of rotatable bonds is 1. The summed E-state index contributed by atoms with van der Waals surface area (Å²) in [5.74, 6) is 0.527. The fourth-order valence-electron chi connectivity index (χ4n) is 3.02. The Hall–Kier alpha value is -0.0400. The normalized spacial score (nSPS) is 28.4. The van der Waals surface area contributed by atoms with Crippen LogP contribution in [0.5, 0.6) is 0 Å². The van der Waals surface area contributed by atoms with E-state index in [2.05, 4.69) is 58.3 Å². The molecule has 98 valence electrons. The maximum atomic E-state index is 6.32. The second-order valence-corrected chi connectivity index (χ2v) is 8.09. The third-order valence-electron chi connectivity index (χ3n) is 3.88. The lowest BCUT2D eigenvalue weighted by atomic mass is 9.89. The maximum Gasteiger partial charge on any atom is 0.0918 e. The zero-order valence-corrected chi connectivity index (χ0v) is 14.0. The van der Waals surface area contributed by atoms with Gasteiger partial charge in [-0.15, -0.1) is 11.3 Å². The van der Waals surface area contributed by atoms with E-state index in [9.17, 15) is 0 Å². The van der Waals surface area contributed by atoms with Crippen molar-refractivity contribution in [1.82, 2.24) is 0 Å². The first-order chi connectivity index (χ1) is 9.36. The van der Waals surface area contributed by atoms with Crippen LogP contribution >= 0.6 is 45.7 Å². The second-order valence-electron chi connectivity index (χ2n) is 4.98. The molecule has 0 spiro atoms. The molecular weight excluding hydrogens is 387 g/mol. The Morgan fingerprint density at radius 1 is 1.21 bits per heavy atom. The molecule has 4 heteroatoms. The van der Waals surface area contributed by atoms with E-state index >= 15 is 0 Å². The molecule has 0 saturated carbocycles. The fraction of sp³-hybridized carbons (Fsp3) is 0.333. The number of thiophene rings is 1. The standard InChI is InChI=1S/C15H13IOS2/c16-8-9-7-12-10-3-1-2-4-13(10)19-15-11(5-6-18-15)14(12)17-9/h1-6,9,12,14H,7-8H2/t9-,12-,14-/m1/s1. The lowest BCUT2D eigenvalue weighted by molar-refractivity contribution is 0.0539. The first kappa shape index (κ1) is 12.7. The van der Waals surface area contributed by atoms with Crippen molar-refractivity contribution in [2.24, 2.45) is 0 Å². The van der Waals surface area contributed by atoms with E-state index in [1.54, 1.807) is 0 Å². The minimum absolute atomic E-state index is 0.261. The monoisotopic (exact) mass is 400 g/mol. The van der Waals surface area contributed by atoms with Gasteiger partial charge in [0.2, 0.25) is 0 Å². The van der Waals surface area contributed by atoms with Crippen LogP contribution < -0.4 is 0 Å². The first-order valence-corrected chi connectivity index (χ1v) is 9.64. The molecule has 0 bridgehead atoms. The zero-order valence-electron chi connectivity index (χ0n) is 10.2. The Bertz CT molecular complexity index is 610. The summed E-state index contributed by atoms with van der Waals surface area (Å²) in [5.41, 5.74) is 2.89. The Balaban J connectivity index is 1.87. The predicted molar refractivity (Wildman–Crippen MR) is 88.7 cm³/mol. The molecule has 1 fully saturated rings. The molecule has 0 aliphatic carbocycles. The Labute approximate surface area is 134 Å². The molecule has 0 radical (unpaired) electrons. The van der Waals surface area contributed by atoms with Crippen molar-refractivity contribution in [3.05, 3.63) is 46.8 Å². The van der Waals surface area contributed by atoms with E-state index in [1.807, 2.05) is 23.1 Å². The second kappa shape index (κ2) is 5.06. The van der Waals surface area contributed by atoms with Crippen LogP contribution in [0.2, 0.25) is 0 Å². The third kappa shape index (κ3) is 2.07. The molecule has 4 rings (SSSR count). The number of halogens is 1. The molecule has 19 heavy (non-hydrogen) atoms. The van der Waals surface area contributed by atoms with Crippen LogP contribution in [0, 0.1) is 0 Å². The molecule has 2 aromatic rings. The Morgan fingerprint density at radius 2 is 2.11 bits per heavy atom. The zero-order chi connectivity index (χ0) is 12.8. The number of benzene rings is 1. The first-order valence-electron chi connectivity index (χ1n) is 6.42. The molecule has 1 nitrogen and oxygen atoms in total. The lowest BCUT2D eigenvalue weighted by Crippen LogP contribution is -2.07. The van der Waals surface area contributed by atoms with Gasteiger partial charge in [-0.05, 0) is 29.5 Å². The summed E-state index contributed by atoms with van der Waals surface area (Å²) in [6, 6.07) is 11.1. The summed E-state index contributed by atoms with van der Waals surface area (Å²) in [6.45, 7) is 0. The average Bonchev–Trinajstić information content (AvgIpc) is 3.03. The molecule has 3 atom stereocenters. The van der Waals surface area contributed by atoms with E-state index < -0.39 is 0 Å². The van der Waals surface area contributed by atoms with Crippen molar-refractivity contribution in [2.75, 3.05) is 4.43 Å². The fourth-order valence-corrected chi connectivity index (χ4v) is 5.86. The highest BCUT2D eigenvalue weighted by atomic mass is 127. The number of hydrogen-bond donors (Lipinski definition) is 0. The molecule has 1 aromatic heterocycles. The quantitative estimate of drug-likeness (QED) is 0.477. The van der Waals surface area contributed by atoms with Gasteiger partial charge < -0.3 is 4.74 Å². The van der Waals surface area contributed by atoms with Crippen LogP contribution in [0.15, 0.2) is 44.8 Å². The summed E-state index contributed by atoms with van der Waals surface area (Å²) >= 11 is 6.20. The van der Waals surface area contributed by atoms with Crippen molar-refractivity contribution in [1.29, 1.82) is 0 Å². The minimum atomic E-state index is 0.261. The minimum Gasteiger partial charge on any atom is -0.369 e. The van der Waals surface area contributed by atoms with E-state index in [-0.39, 0.29) is 6.10 Å². The molecule has 2 aliphatic rings. The number of ether oxygens (including phenoxy) is 1. The van der Waals surface area contributed by atoms with Gasteiger partial charge in [0.1, 0.15) is 0 Å². The maximum absolute atomic E-state index is 6.32. The summed E-state index contributed by atoms with van der Waals surface area (Å²) < 4.78 is 8.82. The van der Waals surface area contributed by atoms with Gasteiger partial charge in [-0.1, -0.05) is 52.6 Å². The number of hydrogen-bond acceptors (Lipinski definition) is 3. The molecular formula is C15H13IOS2. The van der Waals surface area contributed by atoms with E-state index in [0.29, 0.717) is 12.0 Å². The number of alkyl halides is 1.